The lowest BCUT2D eigenvalue weighted by molar-refractivity contribution is -0.141. The van der Waals surface area contributed by atoms with Crippen molar-refractivity contribution >= 4 is 28.5 Å². The minimum absolute atomic E-state index is 0.140. The van der Waals surface area contributed by atoms with Gasteiger partial charge in [0.2, 0.25) is 5.12 Å². The Morgan fingerprint density at radius 1 is 1.23 bits per heavy atom. The van der Waals surface area contributed by atoms with Crippen molar-refractivity contribution in [3.63, 3.8) is 0 Å². The first-order chi connectivity index (χ1) is 11.9. The Balaban J connectivity index is 4.03. The predicted octanol–water partition coefficient (Wildman–Crippen LogP) is 4.54. The topological polar surface area (TPSA) is 68.3 Å². The Hall–Kier alpha value is -1.91. The number of thioether (sulfide) groups is 1. The zero-order valence-corrected chi connectivity index (χ0v) is 15.1. The van der Waals surface area contributed by atoms with E-state index in [0.29, 0.717) is 11.8 Å². The van der Waals surface area contributed by atoms with Crippen molar-refractivity contribution in [3.8, 4) is 0 Å². The SMILES string of the molecule is CCSC(=O)c1c(C(F)(F)F)nc(C(F)F)c(C(=O)OC)c1NC(C)C. The smallest absolute Gasteiger partial charge is 0.434 e. The van der Waals surface area contributed by atoms with Crippen LogP contribution in [0.5, 0.6) is 0 Å². The number of ether oxygens (including phenoxy) is 1. The summed E-state index contributed by atoms with van der Waals surface area (Å²) in [5, 5.41) is 1.46. The molecule has 0 radical (unpaired) electrons. The number of carbonyl (C=O) groups is 2. The Labute approximate surface area is 150 Å². The van der Waals surface area contributed by atoms with Crippen molar-refractivity contribution in [2.24, 2.45) is 0 Å². The van der Waals surface area contributed by atoms with E-state index in [9.17, 15) is 31.5 Å². The van der Waals surface area contributed by atoms with Gasteiger partial charge in [-0.2, -0.15) is 13.2 Å². The molecule has 1 aromatic rings. The second-order valence-electron chi connectivity index (χ2n) is 5.28. The summed E-state index contributed by atoms with van der Waals surface area (Å²) in [7, 11) is 0.886. The van der Waals surface area contributed by atoms with Crippen LogP contribution in [0.25, 0.3) is 0 Å². The van der Waals surface area contributed by atoms with Crippen molar-refractivity contribution in [1.29, 1.82) is 0 Å². The number of anilines is 1. The van der Waals surface area contributed by atoms with E-state index in [1.807, 2.05) is 0 Å². The zero-order chi connectivity index (χ0) is 20.2. The minimum Gasteiger partial charge on any atom is -0.465 e. The number of hydrogen-bond donors (Lipinski definition) is 1. The number of nitrogens with one attached hydrogen (secondary N) is 1. The quantitative estimate of drug-likeness (QED) is 0.559. The number of pyridine rings is 1. The summed E-state index contributed by atoms with van der Waals surface area (Å²) in [4.78, 5) is 27.2. The fourth-order valence-electron chi connectivity index (χ4n) is 2.11. The minimum atomic E-state index is -5.18. The highest BCUT2D eigenvalue weighted by atomic mass is 32.2. The van der Waals surface area contributed by atoms with Crippen molar-refractivity contribution in [2.75, 3.05) is 18.2 Å². The monoisotopic (exact) mass is 400 g/mol. The summed E-state index contributed by atoms with van der Waals surface area (Å²) in [6, 6.07) is -0.564. The van der Waals surface area contributed by atoms with Crippen molar-refractivity contribution in [3.05, 3.63) is 22.5 Å². The molecule has 1 aromatic heterocycles. The molecule has 1 N–H and O–H groups in total. The van der Waals surface area contributed by atoms with Crippen LogP contribution >= 0.6 is 11.8 Å². The molecule has 146 valence electrons. The molecule has 26 heavy (non-hydrogen) atoms. The van der Waals surface area contributed by atoms with Gasteiger partial charge in [-0.15, -0.1) is 0 Å². The van der Waals surface area contributed by atoms with E-state index in [2.05, 4.69) is 15.0 Å². The van der Waals surface area contributed by atoms with Gasteiger partial charge in [-0.05, 0) is 19.6 Å². The highest BCUT2D eigenvalue weighted by Crippen LogP contribution is 2.41. The summed E-state index contributed by atoms with van der Waals surface area (Å²) in [6.07, 6.45) is -8.66. The van der Waals surface area contributed by atoms with Crippen molar-refractivity contribution < 1.29 is 36.3 Å². The van der Waals surface area contributed by atoms with E-state index < -0.39 is 57.9 Å². The Kier molecular flexibility index (Phi) is 7.36. The molecule has 0 fully saturated rings. The van der Waals surface area contributed by atoms with Gasteiger partial charge in [0.1, 0.15) is 11.3 Å². The van der Waals surface area contributed by atoms with Crippen LogP contribution in [-0.2, 0) is 10.9 Å². The van der Waals surface area contributed by atoms with Crippen molar-refractivity contribution in [2.45, 2.75) is 39.4 Å². The molecule has 0 atom stereocenters. The van der Waals surface area contributed by atoms with Crippen molar-refractivity contribution in [1.82, 2.24) is 4.98 Å². The average molecular weight is 400 g/mol. The maximum absolute atomic E-state index is 13.4. The van der Waals surface area contributed by atoms with Gasteiger partial charge in [0.05, 0.1) is 18.4 Å². The molecular formula is C15H17F5N2O3S. The normalized spacial score (nSPS) is 11.8. The van der Waals surface area contributed by atoms with E-state index in [-0.39, 0.29) is 5.75 Å². The number of esters is 1. The fourth-order valence-corrected chi connectivity index (χ4v) is 2.72. The standard InChI is InChI=1S/C15H17F5N2O3S/c1-5-26-14(24)8-9(21-6(2)3)7(13(23)25-4)10(12(16)17)22-11(8)15(18,19)20/h6,12H,5H2,1-4H3,(H,21,22). The van der Waals surface area contributed by atoms with Crippen LogP contribution < -0.4 is 5.32 Å². The third-order valence-electron chi connectivity index (χ3n) is 3.00. The average Bonchev–Trinajstić information content (AvgIpc) is 2.51. The van der Waals surface area contributed by atoms with Crippen LogP contribution in [-0.4, -0.2) is 35.0 Å². The highest BCUT2D eigenvalue weighted by Gasteiger charge is 2.42. The summed E-state index contributed by atoms with van der Waals surface area (Å²) < 4.78 is 71.3. The van der Waals surface area contributed by atoms with Gasteiger partial charge in [0.25, 0.3) is 6.43 Å². The first-order valence-corrected chi connectivity index (χ1v) is 8.39. The van der Waals surface area contributed by atoms with E-state index in [1.54, 1.807) is 0 Å². The van der Waals surface area contributed by atoms with Gasteiger partial charge in [-0.25, -0.2) is 18.6 Å². The van der Waals surface area contributed by atoms with Crippen LogP contribution in [0.3, 0.4) is 0 Å². The lowest BCUT2D eigenvalue weighted by Gasteiger charge is -2.22. The molecule has 0 aliphatic carbocycles. The summed E-state index contributed by atoms with van der Waals surface area (Å²) in [6.45, 7) is 4.56. The molecule has 1 rings (SSSR count). The van der Waals surface area contributed by atoms with E-state index in [4.69, 9.17) is 0 Å². The third kappa shape index (κ3) is 4.83. The number of hydrogen-bond acceptors (Lipinski definition) is 6. The maximum atomic E-state index is 13.4. The number of carbonyl (C=O) groups excluding carboxylic acids is 2. The predicted molar refractivity (Wildman–Crippen MR) is 86.8 cm³/mol. The number of aromatic nitrogens is 1. The van der Waals surface area contributed by atoms with Crippen LogP contribution in [0.1, 0.15) is 59.3 Å². The molecule has 0 amide bonds. The largest absolute Gasteiger partial charge is 0.465 e. The number of rotatable bonds is 6. The van der Waals surface area contributed by atoms with Gasteiger partial charge in [0, 0.05) is 6.04 Å². The van der Waals surface area contributed by atoms with Gasteiger partial charge in [0.15, 0.2) is 5.69 Å². The molecule has 1 heterocycles. The molecule has 0 aliphatic heterocycles. The lowest BCUT2D eigenvalue weighted by Crippen LogP contribution is -2.25. The summed E-state index contributed by atoms with van der Waals surface area (Å²) in [5.74, 6) is -1.18. The number of nitrogens with zero attached hydrogens (tertiary/aromatic N) is 1. The molecule has 11 heteroatoms. The Bertz CT molecular complexity index is 693. The third-order valence-corrected chi connectivity index (χ3v) is 3.76. The van der Waals surface area contributed by atoms with E-state index >= 15 is 0 Å². The van der Waals surface area contributed by atoms with Crippen LogP contribution in [0.2, 0.25) is 0 Å². The number of methoxy groups -OCH3 is 1. The van der Waals surface area contributed by atoms with Crippen LogP contribution in [0.15, 0.2) is 0 Å². The molecule has 5 nitrogen and oxygen atoms in total. The fraction of sp³-hybridized carbons (Fsp3) is 0.533. The maximum Gasteiger partial charge on any atom is 0.434 e. The molecule has 0 saturated carbocycles. The molecule has 0 aliphatic rings. The number of alkyl halides is 5. The van der Waals surface area contributed by atoms with Gasteiger partial charge in [-0.3, -0.25) is 4.79 Å². The highest BCUT2D eigenvalue weighted by molar-refractivity contribution is 8.14. The lowest BCUT2D eigenvalue weighted by atomic mass is 10.0. The molecular weight excluding hydrogens is 383 g/mol. The first-order valence-electron chi connectivity index (χ1n) is 7.40. The molecule has 0 saturated heterocycles. The summed E-state index contributed by atoms with van der Waals surface area (Å²) in [5.41, 5.74) is -5.68. The second-order valence-corrected chi connectivity index (χ2v) is 6.52. The summed E-state index contributed by atoms with van der Waals surface area (Å²) >= 11 is 0.540. The molecule has 0 unspecified atom stereocenters. The number of halogens is 5. The van der Waals surface area contributed by atoms with Gasteiger partial charge >= 0.3 is 12.1 Å². The molecule has 0 bridgehead atoms. The Morgan fingerprint density at radius 3 is 2.19 bits per heavy atom. The van der Waals surface area contributed by atoms with Gasteiger partial charge < -0.3 is 10.1 Å². The van der Waals surface area contributed by atoms with E-state index in [1.165, 1.54) is 20.8 Å². The Morgan fingerprint density at radius 2 is 1.81 bits per heavy atom. The second kappa shape index (κ2) is 8.65. The van der Waals surface area contributed by atoms with E-state index in [0.717, 1.165) is 7.11 Å². The zero-order valence-electron chi connectivity index (χ0n) is 14.3. The van der Waals surface area contributed by atoms with Gasteiger partial charge in [-0.1, -0.05) is 18.7 Å². The van der Waals surface area contributed by atoms with Crippen LogP contribution in [0.4, 0.5) is 27.6 Å². The first kappa shape index (κ1) is 22.1. The molecule has 0 aromatic carbocycles. The molecule has 0 spiro atoms. The van der Waals surface area contributed by atoms with Crippen LogP contribution in [0, 0.1) is 0 Å².